The van der Waals surface area contributed by atoms with Gasteiger partial charge in [-0.1, -0.05) is 29.5 Å². The standard InChI is InChI=1S/C23H30N4O3S3/c1-17-8-4-10-19-21(17)24-23(32-19)27(14-7-12-25(2)3)22(28)18-9-5-13-26(16-18)33(29,30)20-11-6-15-31-20/h4,6,8,10-11,15,18H,5,7,9,12-14,16H2,1-3H3. The van der Waals surface area contributed by atoms with Crippen LogP contribution in [0.25, 0.3) is 10.2 Å². The maximum absolute atomic E-state index is 13.8. The summed E-state index contributed by atoms with van der Waals surface area (Å²) in [7, 11) is 0.463. The van der Waals surface area contributed by atoms with Crippen molar-refractivity contribution < 1.29 is 13.2 Å². The predicted molar refractivity (Wildman–Crippen MR) is 136 cm³/mol. The number of hydrogen-bond acceptors (Lipinski definition) is 7. The van der Waals surface area contributed by atoms with Crippen molar-refractivity contribution in [3.05, 3.63) is 41.3 Å². The highest BCUT2D eigenvalue weighted by Crippen LogP contribution is 2.33. The zero-order chi connectivity index (χ0) is 23.6. The van der Waals surface area contributed by atoms with Gasteiger partial charge < -0.3 is 4.90 Å². The maximum atomic E-state index is 13.8. The molecule has 0 bridgehead atoms. The lowest BCUT2D eigenvalue weighted by Gasteiger charge is -2.33. The molecule has 1 aliphatic heterocycles. The Morgan fingerprint density at radius 1 is 1.21 bits per heavy atom. The number of nitrogens with zero attached hydrogens (tertiary/aromatic N) is 4. The van der Waals surface area contributed by atoms with Gasteiger partial charge in [0.15, 0.2) is 5.13 Å². The fourth-order valence-electron chi connectivity index (χ4n) is 4.16. The molecule has 1 saturated heterocycles. The van der Waals surface area contributed by atoms with Gasteiger partial charge in [0, 0.05) is 19.6 Å². The number of carbonyl (C=O) groups excluding carboxylic acids is 1. The normalized spacial score (nSPS) is 17.6. The van der Waals surface area contributed by atoms with Gasteiger partial charge >= 0.3 is 0 Å². The van der Waals surface area contributed by atoms with Crippen molar-refractivity contribution in [3.8, 4) is 0 Å². The Hall–Kier alpha value is -1.85. The minimum atomic E-state index is -3.57. The molecule has 1 atom stereocenters. The van der Waals surface area contributed by atoms with Crippen molar-refractivity contribution in [2.24, 2.45) is 5.92 Å². The molecule has 1 unspecified atom stereocenters. The van der Waals surface area contributed by atoms with Crippen molar-refractivity contribution in [1.29, 1.82) is 0 Å². The first-order chi connectivity index (χ1) is 15.8. The first kappa shape index (κ1) is 24.3. The molecule has 1 aliphatic rings. The molecule has 10 heteroatoms. The molecule has 1 fully saturated rings. The van der Waals surface area contributed by atoms with Gasteiger partial charge in [0.2, 0.25) is 5.91 Å². The second kappa shape index (κ2) is 10.2. The molecular formula is C23H30N4O3S3. The lowest BCUT2D eigenvalue weighted by atomic mass is 9.98. The Labute approximate surface area is 203 Å². The highest BCUT2D eigenvalue weighted by atomic mass is 32.2. The molecular weight excluding hydrogens is 476 g/mol. The van der Waals surface area contributed by atoms with Gasteiger partial charge in [-0.25, -0.2) is 13.4 Å². The third-order valence-corrected chi connectivity index (χ3v) is 10.2. The van der Waals surface area contributed by atoms with Crippen LogP contribution in [0, 0.1) is 12.8 Å². The first-order valence-corrected chi connectivity index (χ1v) is 14.3. The molecule has 4 rings (SSSR count). The van der Waals surface area contributed by atoms with E-state index in [0.717, 1.165) is 28.7 Å². The fraction of sp³-hybridized carbons (Fsp3) is 0.478. The number of para-hydroxylation sites is 1. The molecule has 3 aromatic rings. The molecule has 0 N–H and O–H groups in total. The summed E-state index contributed by atoms with van der Waals surface area (Å²) in [4.78, 5) is 22.5. The van der Waals surface area contributed by atoms with Crippen LogP contribution in [0.4, 0.5) is 5.13 Å². The zero-order valence-corrected chi connectivity index (χ0v) is 21.7. The van der Waals surface area contributed by atoms with Gasteiger partial charge in [-0.15, -0.1) is 11.3 Å². The Morgan fingerprint density at radius 3 is 2.73 bits per heavy atom. The fourth-order valence-corrected chi connectivity index (χ4v) is 7.90. The van der Waals surface area contributed by atoms with Crippen LogP contribution in [-0.4, -0.2) is 68.8 Å². The van der Waals surface area contributed by atoms with Gasteiger partial charge in [-0.05, 0) is 69.9 Å². The Kier molecular flexibility index (Phi) is 7.49. The first-order valence-electron chi connectivity index (χ1n) is 11.1. The van der Waals surface area contributed by atoms with E-state index in [9.17, 15) is 13.2 Å². The number of thiophene rings is 1. The molecule has 0 aliphatic carbocycles. The van der Waals surface area contributed by atoms with Crippen LogP contribution >= 0.6 is 22.7 Å². The van der Waals surface area contributed by atoms with Crippen molar-refractivity contribution in [2.75, 3.05) is 45.2 Å². The summed E-state index contributed by atoms with van der Waals surface area (Å²) in [6.07, 6.45) is 2.17. The van der Waals surface area contributed by atoms with E-state index in [2.05, 4.69) is 4.90 Å². The highest BCUT2D eigenvalue weighted by molar-refractivity contribution is 7.91. The van der Waals surface area contributed by atoms with E-state index < -0.39 is 10.0 Å². The van der Waals surface area contributed by atoms with Crippen molar-refractivity contribution in [3.63, 3.8) is 0 Å². The minimum absolute atomic E-state index is 0.0310. The number of piperidine rings is 1. The number of aromatic nitrogens is 1. The SMILES string of the molecule is Cc1cccc2sc(N(CCCN(C)C)C(=O)C3CCCN(S(=O)(=O)c4cccs4)C3)nc12. The van der Waals surface area contributed by atoms with Gasteiger partial charge in [-0.3, -0.25) is 9.69 Å². The number of anilines is 1. The maximum Gasteiger partial charge on any atom is 0.252 e. The molecule has 1 amide bonds. The van der Waals surface area contributed by atoms with E-state index in [-0.39, 0.29) is 18.4 Å². The summed E-state index contributed by atoms with van der Waals surface area (Å²) >= 11 is 2.74. The molecule has 7 nitrogen and oxygen atoms in total. The van der Waals surface area contributed by atoms with Gasteiger partial charge in [0.25, 0.3) is 10.0 Å². The Bertz CT molecular complexity index is 1210. The molecule has 178 valence electrons. The van der Waals surface area contributed by atoms with Crippen molar-refractivity contribution in [1.82, 2.24) is 14.2 Å². The monoisotopic (exact) mass is 506 g/mol. The van der Waals surface area contributed by atoms with Gasteiger partial charge in [0.05, 0.1) is 16.1 Å². The second-order valence-corrected chi connectivity index (χ2v) is 12.8. The van der Waals surface area contributed by atoms with Crippen LogP contribution in [0.2, 0.25) is 0 Å². The summed E-state index contributed by atoms with van der Waals surface area (Å²) in [6, 6.07) is 9.43. The highest BCUT2D eigenvalue weighted by Gasteiger charge is 2.36. The number of amides is 1. The smallest absolute Gasteiger partial charge is 0.252 e. The third kappa shape index (κ3) is 5.30. The number of rotatable bonds is 8. The molecule has 2 aromatic heterocycles. The van der Waals surface area contributed by atoms with Crippen LogP contribution in [0.15, 0.2) is 39.9 Å². The summed E-state index contributed by atoms with van der Waals surface area (Å²) in [6.45, 7) is 4.11. The zero-order valence-electron chi connectivity index (χ0n) is 19.2. The average molecular weight is 507 g/mol. The number of carbonyl (C=O) groups is 1. The van der Waals surface area contributed by atoms with Gasteiger partial charge in [0.1, 0.15) is 4.21 Å². The van der Waals surface area contributed by atoms with Crippen LogP contribution in [0.3, 0.4) is 0 Å². The Balaban J connectivity index is 1.59. The van der Waals surface area contributed by atoms with Crippen LogP contribution in [0.1, 0.15) is 24.8 Å². The second-order valence-electron chi connectivity index (χ2n) is 8.70. The number of aryl methyl sites for hydroxylation is 1. The number of benzene rings is 1. The summed E-state index contributed by atoms with van der Waals surface area (Å²) in [5, 5.41) is 2.46. The number of fused-ring (bicyclic) bond motifs is 1. The summed E-state index contributed by atoms with van der Waals surface area (Å²) in [5.41, 5.74) is 2.01. The van der Waals surface area contributed by atoms with Crippen LogP contribution < -0.4 is 4.90 Å². The largest absolute Gasteiger partial charge is 0.309 e. The van der Waals surface area contributed by atoms with E-state index in [1.165, 1.54) is 27.0 Å². The summed E-state index contributed by atoms with van der Waals surface area (Å²) in [5.74, 6) is -0.405. The molecule has 33 heavy (non-hydrogen) atoms. The lowest BCUT2D eigenvalue weighted by Crippen LogP contribution is -2.47. The number of sulfonamides is 1. The van der Waals surface area contributed by atoms with Gasteiger partial charge in [-0.2, -0.15) is 4.31 Å². The van der Waals surface area contributed by atoms with Crippen molar-refractivity contribution >= 4 is 54.0 Å². The molecule has 0 spiro atoms. The predicted octanol–water partition coefficient (Wildman–Crippen LogP) is 4.05. The van der Waals surface area contributed by atoms with E-state index in [4.69, 9.17) is 4.98 Å². The third-order valence-electron chi connectivity index (χ3n) is 5.92. The molecule has 3 heterocycles. The van der Waals surface area contributed by atoms with E-state index in [1.807, 2.05) is 39.2 Å². The van der Waals surface area contributed by atoms with E-state index in [0.29, 0.717) is 35.3 Å². The molecule has 0 radical (unpaired) electrons. The average Bonchev–Trinajstić information content (AvgIpc) is 3.47. The number of thiazole rings is 1. The number of hydrogen-bond donors (Lipinski definition) is 0. The summed E-state index contributed by atoms with van der Waals surface area (Å²) < 4.78 is 29.0. The molecule has 0 saturated carbocycles. The van der Waals surface area contributed by atoms with E-state index in [1.54, 1.807) is 22.4 Å². The van der Waals surface area contributed by atoms with Crippen LogP contribution in [0.5, 0.6) is 0 Å². The molecule has 1 aromatic carbocycles. The topological polar surface area (TPSA) is 73.8 Å². The minimum Gasteiger partial charge on any atom is -0.309 e. The van der Waals surface area contributed by atoms with E-state index >= 15 is 0 Å². The quantitative estimate of drug-likeness (QED) is 0.461. The van der Waals surface area contributed by atoms with Crippen molar-refractivity contribution in [2.45, 2.75) is 30.4 Å². The van der Waals surface area contributed by atoms with Crippen LogP contribution in [-0.2, 0) is 14.8 Å². The Morgan fingerprint density at radius 2 is 2.03 bits per heavy atom. The lowest BCUT2D eigenvalue weighted by molar-refractivity contribution is -0.123.